The highest BCUT2D eigenvalue weighted by Crippen LogP contribution is 2.45. The van der Waals surface area contributed by atoms with Gasteiger partial charge in [0.05, 0.1) is 24.5 Å². The molecular formula is C24H22N2O2S. The van der Waals surface area contributed by atoms with Crippen LogP contribution in [0.4, 0.5) is 11.4 Å². The zero-order chi connectivity index (χ0) is 19.8. The minimum atomic E-state index is -0.125. The summed E-state index contributed by atoms with van der Waals surface area (Å²) in [5, 5.41) is 9.26. The van der Waals surface area contributed by atoms with Gasteiger partial charge in [0.25, 0.3) is 0 Å². The van der Waals surface area contributed by atoms with Gasteiger partial charge in [0, 0.05) is 22.6 Å². The highest BCUT2D eigenvalue weighted by Gasteiger charge is 2.36. The van der Waals surface area contributed by atoms with Crippen LogP contribution in [0.3, 0.4) is 0 Å². The van der Waals surface area contributed by atoms with E-state index in [0.29, 0.717) is 6.42 Å². The number of carbonyl (C=O) groups is 1. The second kappa shape index (κ2) is 7.41. The lowest BCUT2D eigenvalue weighted by Gasteiger charge is -2.29. The third-order valence-electron chi connectivity index (χ3n) is 5.70. The van der Waals surface area contributed by atoms with Crippen molar-refractivity contribution in [3.05, 3.63) is 87.8 Å². The molecule has 1 aromatic heterocycles. The Morgan fingerprint density at radius 3 is 2.66 bits per heavy atom. The van der Waals surface area contributed by atoms with Crippen LogP contribution in [0.15, 0.2) is 77.3 Å². The molecule has 0 unspecified atom stereocenters. The average Bonchev–Trinajstić information content (AvgIpc) is 3.22. The largest absolute Gasteiger partial charge is 0.497 e. The van der Waals surface area contributed by atoms with Crippen LogP contribution < -0.4 is 15.4 Å². The van der Waals surface area contributed by atoms with Crippen molar-refractivity contribution in [1.29, 1.82) is 0 Å². The van der Waals surface area contributed by atoms with Gasteiger partial charge in [-0.3, -0.25) is 4.79 Å². The number of methoxy groups -OCH3 is 1. The second-order valence-electron chi connectivity index (χ2n) is 7.46. The quantitative estimate of drug-likeness (QED) is 0.587. The van der Waals surface area contributed by atoms with Gasteiger partial charge in [0.15, 0.2) is 5.78 Å². The first-order valence-corrected chi connectivity index (χ1v) is 10.7. The zero-order valence-corrected chi connectivity index (χ0v) is 17.0. The smallest absolute Gasteiger partial charge is 0.163 e. The van der Waals surface area contributed by atoms with Crippen molar-refractivity contribution in [3.8, 4) is 5.75 Å². The standard InChI is InChI=1S/C24H22N2O2S/c1-28-17-7-4-6-15(12-17)16-13-20-23(21(27)14-16)24(22-10-5-11-29-22)26-19-9-3-2-8-18(19)25-20/h2-12,16,24-26H,13-14H2,1H3/t16-,24-/m1/s1. The van der Waals surface area contributed by atoms with E-state index in [2.05, 4.69) is 40.3 Å². The van der Waals surface area contributed by atoms with E-state index in [0.717, 1.165) is 45.3 Å². The van der Waals surface area contributed by atoms with Crippen molar-refractivity contribution < 1.29 is 9.53 Å². The maximum absolute atomic E-state index is 13.4. The van der Waals surface area contributed by atoms with Gasteiger partial charge in [0.1, 0.15) is 5.75 Å². The van der Waals surface area contributed by atoms with Crippen molar-refractivity contribution in [2.24, 2.45) is 0 Å². The normalized spacial score (nSPS) is 20.8. The average molecular weight is 403 g/mol. The van der Waals surface area contributed by atoms with Gasteiger partial charge < -0.3 is 15.4 Å². The summed E-state index contributed by atoms with van der Waals surface area (Å²) >= 11 is 1.68. The number of anilines is 2. The molecule has 4 nitrogen and oxygen atoms in total. The Kier molecular flexibility index (Phi) is 4.60. The molecule has 0 spiro atoms. The van der Waals surface area contributed by atoms with E-state index in [1.165, 1.54) is 0 Å². The van der Waals surface area contributed by atoms with Crippen molar-refractivity contribution in [3.63, 3.8) is 0 Å². The van der Waals surface area contributed by atoms with Gasteiger partial charge in [0.2, 0.25) is 0 Å². The molecule has 29 heavy (non-hydrogen) atoms. The molecule has 2 heterocycles. The molecule has 0 saturated carbocycles. The third kappa shape index (κ3) is 3.32. The molecule has 2 N–H and O–H groups in total. The van der Waals surface area contributed by atoms with Gasteiger partial charge >= 0.3 is 0 Å². The van der Waals surface area contributed by atoms with E-state index >= 15 is 0 Å². The number of thiophene rings is 1. The molecule has 1 aliphatic heterocycles. The lowest BCUT2D eigenvalue weighted by atomic mass is 9.79. The summed E-state index contributed by atoms with van der Waals surface area (Å²) in [4.78, 5) is 14.6. The number of rotatable bonds is 3. The van der Waals surface area contributed by atoms with Gasteiger partial charge in [-0.25, -0.2) is 0 Å². The van der Waals surface area contributed by atoms with Crippen molar-refractivity contribution in [2.45, 2.75) is 24.8 Å². The Bertz CT molecular complexity index is 1090. The van der Waals surface area contributed by atoms with Crippen molar-refractivity contribution in [2.75, 3.05) is 17.7 Å². The Labute approximate surface area is 174 Å². The number of hydrogen-bond donors (Lipinski definition) is 2. The van der Waals surface area contributed by atoms with Crippen LogP contribution in [0.5, 0.6) is 5.75 Å². The van der Waals surface area contributed by atoms with Crippen LogP contribution in [0.25, 0.3) is 0 Å². The number of carbonyl (C=O) groups excluding carboxylic acids is 1. The van der Waals surface area contributed by atoms with Gasteiger partial charge in [-0.1, -0.05) is 30.3 Å². The maximum atomic E-state index is 13.4. The first-order valence-electron chi connectivity index (χ1n) is 9.79. The van der Waals surface area contributed by atoms with Crippen LogP contribution in [0.2, 0.25) is 0 Å². The topological polar surface area (TPSA) is 50.4 Å². The highest BCUT2D eigenvalue weighted by atomic mass is 32.1. The molecule has 146 valence electrons. The predicted octanol–water partition coefficient (Wildman–Crippen LogP) is 5.74. The molecule has 0 radical (unpaired) electrons. The molecule has 0 bridgehead atoms. The van der Waals surface area contributed by atoms with E-state index < -0.39 is 0 Å². The Balaban J connectivity index is 1.58. The molecule has 3 aromatic rings. The summed E-state index contributed by atoms with van der Waals surface area (Å²) in [6.07, 6.45) is 1.31. The molecule has 0 saturated heterocycles. The number of nitrogens with one attached hydrogen (secondary N) is 2. The number of ether oxygens (including phenoxy) is 1. The Morgan fingerprint density at radius 1 is 1.00 bits per heavy atom. The minimum absolute atomic E-state index is 0.125. The van der Waals surface area contributed by atoms with E-state index in [1.54, 1.807) is 18.4 Å². The van der Waals surface area contributed by atoms with Crippen molar-refractivity contribution >= 4 is 28.5 Å². The van der Waals surface area contributed by atoms with Crippen LogP contribution in [-0.2, 0) is 4.79 Å². The van der Waals surface area contributed by atoms with Crippen molar-refractivity contribution in [1.82, 2.24) is 0 Å². The SMILES string of the molecule is COc1cccc([C@H]2CC(=O)C3=C(C2)Nc2ccccc2N[C@@H]3c2cccs2)c1. The molecule has 0 amide bonds. The molecule has 1 aliphatic carbocycles. The molecule has 0 fully saturated rings. The first-order chi connectivity index (χ1) is 14.2. The van der Waals surface area contributed by atoms with Gasteiger partial charge in [-0.2, -0.15) is 0 Å². The second-order valence-corrected chi connectivity index (χ2v) is 8.44. The molecule has 5 rings (SSSR count). The summed E-state index contributed by atoms with van der Waals surface area (Å²) in [7, 11) is 1.67. The Morgan fingerprint density at radius 2 is 1.86 bits per heavy atom. The highest BCUT2D eigenvalue weighted by molar-refractivity contribution is 7.10. The molecule has 5 heteroatoms. The molecular weight excluding hydrogens is 380 g/mol. The summed E-state index contributed by atoms with van der Waals surface area (Å²) in [6, 6.07) is 20.2. The van der Waals surface area contributed by atoms with Gasteiger partial charge in [-0.05, 0) is 53.6 Å². The number of ketones is 1. The summed E-state index contributed by atoms with van der Waals surface area (Å²) < 4.78 is 5.39. The molecule has 2 aliphatic rings. The van der Waals surface area contributed by atoms with E-state index in [-0.39, 0.29) is 17.7 Å². The van der Waals surface area contributed by atoms with E-state index in [1.807, 2.05) is 36.4 Å². The van der Waals surface area contributed by atoms with Crippen LogP contribution in [-0.4, -0.2) is 12.9 Å². The fourth-order valence-electron chi connectivity index (χ4n) is 4.29. The van der Waals surface area contributed by atoms with E-state index in [9.17, 15) is 4.79 Å². The van der Waals surface area contributed by atoms with Gasteiger partial charge in [-0.15, -0.1) is 11.3 Å². The summed E-state index contributed by atoms with van der Waals surface area (Å²) in [5.74, 6) is 1.16. The fourth-order valence-corrected chi connectivity index (χ4v) is 5.08. The Hall–Kier alpha value is -3.05. The number of Topliss-reactive ketones (excluding diaryl/α,β-unsaturated/α-hetero) is 1. The first kappa shape index (κ1) is 18.0. The maximum Gasteiger partial charge on any atom is 0.163 e. The number of fused-ring (bicyclic) bond motifs is 1. The summed E-state index contributed by atoms with van der Waals surface area (Å²) in [5.41, 5.74) is 5.06. The third-order valence-corrected chi connectivity index (χ3v) is 6.64. The fraction of sp³-hybridized carbons (Fsp3) is 0.208. The number of hydrogen-bond acceptors (Lipinski definition) is 5. The van der Waals surface area contributed by atoms with Crippen LogP contribution >= 0.6 is 11.3 Å². The molecule has 2 aromatic carbocycles. The van der Waals surface area contributed by atoms with Crippen LogP contribution in [0, 0.1) is 0 Å². The summed E-state index contributed by atoms with van der Waals surface area (Å²) in [6.45, 7) is 0. The molecule has 2 atom stereocenters. The zero-order valence-electron chi connectivity index (χ0n) is 16.1. The lowest BCUT2D eigenvalue weighted by Crippen LogP contribution is -2.26. The number of allylic oxidation sites excluding steroid dienone is 1. The predicted molar refractivity (Wildman–Crippen MR) is 118 cm³/mol. The number of benzene rings is 2. The van der Waals surface area contributed by atoms with Crippen LogP contribution in [0.1, 0.15) is 35.2 Å². The number of para-hydroxylation sites is 2. The minimum Gasteiger partial charge on any atom is -0.497 e. The lowest BCUT2D eigenvalue weighted by molar-refractivity contribution is -0.116. The van der Waals surface area contributed by atoms with E-state index in [4.69, 9.17) is 4.74 Å². The monoisotopic (exact) mass is 402 g/mol.